The Balaban J connectivity index is 1.41. The molecule has 0 unspecified atom stereocenters. The molecule has 5 rings (SSSR count). The van der Waals surface area contributed by atoms with Gasteiger partial charge in [0.2, 0.25) is 0 Å². The summed E-state index contributed by atoms with van der Waals surface area (Å²) in [4.78, 5) is 27.2. The highest BCUT2D eigenvalue weighted by Gasteiger charge is 2.37. The van der Waals surface area contributed by atoms with Gasteiger partial charge in [0.1, 0.15) is 12.4 Å². The lowest BCUT2D eigenvalue weighted by molar-refractivity contribution is -0.113. The third-order valence-electron chi connectivity index (χ3n) is 5.41. The summed E-state index contributed by atoms with van der Waals surface area (Å²) in [6.07, 6.45) is 3.74. The smallest absolute Gasteiger partial charge is 0.298 e. The maximum absolute atomic E-state index is 13.1. The van der Waals surface area contributed by atoms with Gasteiger partial charge in [0, 0.05) is 27.7 Å². The molecule has 5 nitrogen and oxygen atoms in total. The van der Waals surface area contributed by atoms with E-state index in [0.717, 1.165) is 38.9 Å². The fourth-order valence-electron chi connectivity index (χ4n) is 3.82. The Hall–Kier alpha value is -3.19. The van der Waals surface area contributed by atoms with Crippen LogP contribution in [-0.2, 0) is 11.3 Å². The van der Waals surface area contributed by atoms with Crippen molar-refractivity contribution in [3.05, 3.63) is 99.5 Å². The van der Waals surface area contributed by atoms with E-state index in [4.69, 9.17) is 27.9 Å². The number of ether oxygens (including phenoxy) is 1. The zero-order chi connectivity index (χ0) is 23.7. The Morgan fingerprint density at radius 2 is 1.65 bits per heavy atom. The number of hydrogen-bond acceptors (Lipinski definition) is 4. The first-order chi connectivity index (χ1) is 16.5. The maximum atomic E-state index is 13.1. The van der Waals surface area contributed by atoms with Gasteiger partial charge >= 0.3 is 0 Å². The van der Waals surface area contributed by atoms with Crippen LogP contribution < -0.4 is 9.64 Å². The number of halogens is 2. The standard InChI is InChI=1S/C26H18Cl2N2O3S/c27-18-9-11-19(12-10-18)33-14-13-29-16-17(20-5-1-3-7-22(20)29)15-24-25(31)30(26(32)34-24)23-8-4-2-6-21(23)28/h1-12,15-16H,13-14H2/b24-15-. The largest absolute Gasteiger partial charge is 0.492 e. The number of para-hydroxylation sites is 2. The van der Waals surface area contributed by atoms with Gasteiger partial charge in [0.05, 0.1) is 22.2 Å². The summed E-state index contributed by atoms with van der Waals surface area (Å²) in [5, 5.41) is 1.62. The third-order valence-corrected chi connectivity index (χ3v) is 6.85. The lowest BCUT2D eigenvalue weighted by atomic mass is 10.1. The highest BCUT2D eigenvalue weighted by atomic mass is 35.5. The van der Waals surface area contributed by atoms with Gasteiger partial charge in [-0.1, -0.05) is 53.5 Å². The maximum Gasteiger partial charge on any atom is 0.298 e. The van der Waals surface area contributed by atoms with Crippen molar-refractivity contribution in [2.75, 3.05) is 11.5 Å². The van der Waals surface area contributed by atoms with E-state index < -0.39 is 0 Å². The van der Waals surface area contributed by atoms with Crippen molar-refractivity contribution in [1.29, 1.82) is 0 Å². The molecule has 2 heterocycles. The van der Waals surface area contributed by atoms with Crippen LogP contribution in [0.25, 0.3) is 17.0 Å². The molecule has 0 radical (unpaired) electrons. The number of hydrogen-bond donors (Lipinski definition) is 0. The summed E-state index contributed by atoms with van der Waals surface area (Å²) in [7, 11) is 0. The number of carbonyl (C=O) groups excluding carboxylic acids is 2. The number of carbonyl (C=O) groups is 2. The topological polar surface area (TPSA) is 51.5 Å². The minimum absolute atomic E-state index is 0.350. The van der Waals surface area contributed by atoms with Crippen LogP contribution in [0.15, 0.2) is 83.9 Å². The average molecular weight is 509 g/mol. The summed E-state index contributed by atoms with van der Waals surface area (Å²) in [5.41, 5.74) is 2.25. The monoisotopic (exact) mass is 508 g/mol. The van der Waals surface area contributed by atoms with Crippen LogP contribution in [-0.4, -0.2) is 22.3 Å². The summed E-state index contributed by atoms with van der Waals surface area (Å²) in [6, 6.07) is 22.0. The summed E-state index contributed by atoms with van der Waals surface area (Å²) in [6.45, 7) is 1.07. The van der Waals surface area contributed by atoms with E-state index in [0.29, 0.717) is 33.8 Å². The van der Waals surface area contributed by atoms with E-state index in [1.807, 2.05) is 42.6 Å². The molecule has 8 heteroatoms. The second kappa shape index (κ2) is 9.58. The van der Waals surface area contributed by atoms with E-state index in [9.17, 15) is 9.59 Å². The van der Waals surface area contributed by atoms with E-state index in [-0.39, 0.29) is 11.1 Å². The number of nitrogens with zero attached hydrogens (tertiary/aromatic N) is 2. The van der Waals surface area contributed by atoms with Gasteiger partial charge in [-0.25, -0.2) is 4.90 Å². The number of anilines is 1. The molecular weight excluding hydrogens is 491 g/mol. The van der Waals surface area contributed by atoms with Crippen molar-refractivity contribution in [2.45, 2.75) is 6.54 Å². The van der Waals surface area contributed by atoms with Crippen LogP contribution in [0.4, 0.5) is 10.5 Å². The number of imide groups is 1. The molecule has 0 saturated carbocycles. The molecule has 0 aliphatic carbocycles. The van der Waals surface area contributed by atoms with Crippen LogP contribution in [0.3, 0.4) is 0 Å². The van der Waals surface area contributed by atoms with Crippen LogP contribution in [0.2, 0.25) is 10.0 Å². The molecule has 3 aromatic carbocycles. The Morgan fingerprint density at radius 3 is 2.44 bits per heavy atom. The molecule has 1 aromatic heterocycles. The predicted molar refractivity (Wildman–Crippen MR) is 139 cm³/mol. The lowest BCUT2D eigenvalue weighted by Gasteiger charge is -2.13. The molecule has 1 saturated heterocycles. The normalized spacial score (nSPS) is 15.0. The van der Waals surface area contributed by atoms with E-state index in [1.165, 1.54) is 0 Å². The van der Waals surface area contributed by atoms with Gasteiger partial charge in [-0.2, -0.15) is 0 Å². The van der Waals surface area contributed by atoms with Gasteiger partial charge < -0.3 is 9.30 Å². The summed E-state index contributed by atoms with van der Waals surface area (Å²) < 4.78 is 7.92. The van der Waals surface area contributed by atoms with Crippen molar-refractivity contribution >= 4 is 68.8 Å². The number of benzene rings is 3. The minimum Gasteiger partial charge on any atom is -0.492 e. The van der Waals surface area contributed by atoms with Gasteiger partial charge in [-0.15, -0.1) is 0 Å². The van der Waals surface area contributed by atoms with Crippen molar-refractivity contribution in [3.8, 4) is 5.75 Å². The molecule has 1 aliphatic rings. The van der Waals surface area contributed by atoms with Crippen LogP contribution in [0.5, 0.6) is 5.75 Å². The number of rotatable bonds is 6. The number of amides is 2. The molecular formula is C26H18Cl2N2O3S. The molecule has 0 N–H and O–H groups in total. The first kappa shape index (κ1) is 22.6. The average Bonchev–Trinajstić information content (AvgIpc) is 3.32. The number of thioether (sulfide) groups is 1. The molecule has 170 valence electrons. The van der Waals surface area contributed by atoms with Crippen LogP contribution in [0, 0.1) is 0 Å². The predicted octanol–water partition coefficient (Wildman–Crippen LogP) is 7.27. The van der Waals surface area contributed by atoms with Crippen LogP contribution in [0.1, 0.15) is 5.56 Å². The Bertz CT molecular complexity index is 1430. The Labute approximate surface area is 210 Å². The Morgan fingerprint density at radius 1 is 0.912 bits per heavy atom. The van der Waals surface area contributed by atoms with Crippen molar-refractivity contribution in [1.82, 2.24) is 4.57 Å². The SMILES string of the molecule is O=C1S/C(=C\c2cn(CCOc3ccc(Cl)cc3)c3ccccc23)C(=O)N1c1ccccc1Cl. The van der Waals surface area contributed by atoms with Gasteiger partial charge in [-0.3, -0.25) is 9.59 Å². The van der Waals surface area contributed by atoms with Crippen LogP contribution >= 0.6 is 35.0 Å². The lowest BCUT2D eigenvalue weighted by Crippen LogP contribution is -2.27. The molecule has 4 aromatic rings. The second-order valence-electron chi connectivity index (χ2n) is 7.57. The fraction of sp³-hybridized carbons (Fsp3) is 0.0769. The second-order valence-corrected chi connectivity index (χ2v) is 9.40. The van der Waals surface area contributed by atoms with Gasteiger partial charge in [0.15, 0.2) is 0 Å². The molecule has 0 bridgehead atoms. The minimum atomic E-state index is -0.383. The first-order valence-electron chi connectivity index (χ1n) is 10.5. The van der Waals surface area contributed by atoms with Crippen molar-refractivity contribution < 1.29 is 14.3 Å². The molecule has 1 aliphatic heterocycles. The highest BCUT2D eigenvalue weighted by Crippen LogP contribution is 2.39. The zero-order valence-electron chi connectivity index (χ0n) is 17.8. The van der Waals surface area contributed by atoms with E-state index >= 15 is 0 Å². The van der Waals surface area contributed by atoms with E-state index in [2.05, 4.69) is 4.57 Å². The summed E-state index contributed by atoms with van der Waals surface area (Å²) in [5.74, 6) is 0.361. The van der Waals surface area contributed by atoms with Crippen molar-refractivity contribution in [2.24, 2.45) is 0 Å². The molecule has 2 amide bonds. The fourth-order valence-corrected chi connectivity index (χ4v) is 4.99. The van der Waals surface area contributed by atoms with Gasteiger partial charge in [0.25, 0.3) is 11.1 Å². The van der Waals surface area contributed by atoms with E-state index in [1.54, 1.807) is 42.5 Å². The summed E-state index contributed by atoms with van der Waals surface area (Å²) >= 11 is 13.1. The highest BCUT2D eigenvalue weighted by molar-refractivity contribution is 8.19. The first-order valence-corrected chi connectivity index (χ1v) is 12.1. The third kappa shape index (κ3) is 4.44. The zero-order valence-corrected chi connectivity index (χ0v) is 20.1. The number of fused-ring (bicyclic) bond motifs is 1. The molecule has 0 atom stereocenters. The Kier molecular flexibility index (Phi) is 6.37. The number of aromatic nitrogens is 1. The quantitative estimate of drug-likeness (QED) is 0.257. The van der Waals surface area contributed by atoms with Crippen molar-refractivity contribution in [3.63, 3.8) is 0 Å². The molecule has 0 spiro atoms. The molecule has 34 heavy (non-hydrogen) atoms. The van der Waals surface area contributed by atoms with Gasteiger partial charge in [-0.05, 0) is 60.3 Å². The molecule has 1 fully saturated rings.